The lowest BCUT2D eigenvalue weighted by Gasteiger charge is -2.34. The van der Waals surface area contributed by atoms with Crippen LogP contribution in [-0.2, 0) is 19.4 Å². The highest BCUT2D eigenvalue weighted by Crippen LogP contribution is 2.25. The Morgan fingerprint density at radius 1 is 0.893 bits per heavy atom. The number of hydrogen-bond acceptors (Lipinski definition) is 3. The van der Waals surface area contributed by atoms with Gasteiger partial charge in [0.1, 0.15) is 11.9 Å². The summed E-state index contributed by atoms with van der Waals surface area (Å²) in [6.07, 6.45) is 4.90. The van der Waals surface area contributed by atoms with Crippen molar-refractivity contribution >= 4 is 0 Å². The van der Waals surface area contributed by atoms with Gasteiger partial charge in [0.15, 0.2) is 0 Å². The molecule has 2 aromatic carbocycles. The molecule has 0 amide bonds. The van der Waals surface area contributed by atoms with E-state index in [0.717, 1.165) is 64.2 Å². The van der Waals surface area contributed by atoms with E-state index in [1.807, 2.05) is 0 Å². The molecule has 0 bridgehead atoms. The second-order valence-corrected chi connectivity index (χ2v) is 8.64. The molecule has 1 fully saturated rings. The third-order valence-corrected chi connectivity index (χ3v) is 6.33. The summed E-state index contributed by atoms with van der Waals surface area (Å²) in [6.45, 7) is 10.2. The lowest BCUT2D eigenvalue weighted by Crippen LogP contribution is -2.41. The zero-order valence-corrected chi connectivity index (χ0v) is 17.4. The van der Waals surface area contributed by atoms with Crippen molar-refractivity contribution in [3.8, 4) is 5.75 Å². The molecule has 28 heavy (non-hydrogen) atoms. The Balaban J connectivity index is 1.34. The minimum Gasteiger partial charge on any atom is -0.490 e. The molecule has 0 aliphatic carbocycles. The summed E-state index contributed by atoms with van der Waals surface area (Å²) in [7, 11) is 0. The van der Waals surface area contributed by atoms with Crippen molar-refractivity contribution in [2.75, 3.05) is 26.2 Å². The first-order valence-corrected chi connectivity index (χ1v) is 11.0. The van der Waals surface area contributed by atoms with Crippen molar-refractivity contribution in [1.82, 2.24) is 9.80 Å². The van der Waals surface area contributed by atoms with Crippen LogP contribution in [-0.4, -0.2) is 48.1 Å². The summed E-state index contributed by atoms with van der Waals surface area (Å²) in [5.74, 6) is 1.07. The van der Waals surface area contributed by atoms with Gasteiger partial charge in [0, 0.05) is 38.8 Å². The zero-order chi connectivity index (χ0) is 19.3. The molecule has 0 unspecified atom stereocenters. The largest absolute Gasteiger partial charge is 0.490 e. The Morgan fingerprint density at radius 2 is 1.61 bits per heavy atom. The number of benzene rings is 2. The molecule has 3 heteroatoms. The van der Waals surface area contributed by atoms with Crippen molar-refractivity contribution in [1.29, 1.82) is 0 Å². The number of rotatable bonds is 5. The molecule has 3 nitrogen and oxygen atoms in total. The molecule has 0 atom stereocenters. The molecule has 4 rings (SSSR count). The Bertz CT molecular complexity index is 750. The molecule has 0 saturated carbocycles. The summed E-state index contributed by atoms with van der Waals surface area (Å²) in [5.41, 5.74) is 4.38. The quantitative estimate of drug-likeness (QED) is 0.760. The van der Waals surface area contributed by atoms with Gasteiger partial charge in [-0.2, -0.15) is 0 Å². The molecular formula is C25H34N2O. The van der Waals surface area contributed by atoms with Crippen molar-refractivity contribution in [2.45, 2.75) is 58.2 Å². The monoisotopic (exact) mass is 378 g/mol. The van der Waals surface area contributed by atoms with Gasteiger partial charge in [-0.3, -0.25) is 4.90 Å². The predicted octanol–water partition coefficient (Wildman–Crippen LogP) is 4.54. The summed E-state index contributed by atoms with van der Waals surface area (Å²) < 4.78 is 6.37. The normalized spacial score (nSPS) is 19.4. The average molecular weight is 379 g/mol. The van der Waals surface area contributed by atoms with E-state index in [1.165, 1.54) is 16.7 Å². The lowest BCUT2D eigenvalue weighted by molar-refractivity contribution is 0.0842. The maximum Gasteiger partial charge on any atom is 0.120 e. The van der Waals surface area contributed by atoms with E-state index in [0.29, 0.717) is 12.1 Å². The number of ether oxygens (including phenoxy) is 1. The fourth-order valence-corrected chi connectivity index (χ4v) is 4.52. The van der Waals surface area contributed by atoms with Gasteiger partial charge in [0.2, 0.25) is 0 Å². The minimum atomic E-state index is 0.369. The zero-order valence-electron chi connectivity index (χ0n) is 17.4. The van der Waals surface area contributed by atoms with Crippen LogP contribution in [0.4, 0.5) is 0 Å². The van der Waals surface area contributed by atoms with Crippen LogP contribution in [0.2, 0.25) is 0 Å². The van der Waals surface area contributed by atoms with Crippen molar-refractivity contribution < 1.29 is 4.74 Å². The first kappa shape index (κ1) is 19.5. The van der Waals surface area contributed by atoms with Gasteiger partial charge in [-0.25, -0.2) is 0 Å². The molecule has 2 aliphatic rings. The van der Waals surface area contributed by atoms with E-state index in [-0.39, 0.29) is 0 Å². The molecule has 2 aromatic rings. The van der Waals surface area contributed by atoms with E-state index in [2.05, 4.69) is 72.2 Å². The van der Waals surface area contributed by atoms with Crippen LogP contribution in [0.1, 0.15) is 43.4 Å². The van der Waals surface area contributed by atoms with Crippen molar-refractivity contribution in [2.24, 2.45) is 0 Å². The van der Waals surface area contributed by atoms with E-state index >= 15 is 0 Å². The summed E-state index contributed by atoms with van der Waals surface area (Å²) in [5, 5.41) is 0. The van der Waals surface area contributed by atoms with Crippen LogP contribution in [0, 0.1) is 0 Å². The van der Waals surface area contributed by atoms with Crippen molar-refractivity contribution in [3.63, 3.8) is 0 Å². The first-order chi connectivity index (χ1) is 13.7. The number of nitrogens with zero attached hydrogens (tertiary/aromatic N) is 2. The third-order valence-electron chi connectivity index (χ3n) is 6.33. The maximum atomic E-state index is 6.37. The van der Waals surface area contributed by atoms with Gasteiger partial charge in [0.05, 0.1) is 0 Å². The fourth-order valence-electron chi connectivity index (χ4n) is 4.52. The standard InChI is InChI=1S/C25H34N2O/c1-20(2)27-16-12-24(13-17-27)28-25-9-8-22-10-14-26(15-11-23(22)18-25)19-21-6-4-3-5-7-21/h3-9,18,20,24H,10-17,19H2,1-2H3. The highest BCUT2D eigenvalue weighted by atomic mass is 16.5. The van der Waals surface area contributed by atoms with E-state index in [9.17, 15) is 0 Å². The van der Waals surface area contributed by atoms with Gasteiger partial charge >= 0.3 is 0 Å². The minimum absolute atomic E-state index is 0.369. The molecule has 2 aliphatic heterocycles. The van der Waals surface area contributed by atoms with Crippen LogP contribution >= 0.6 is 0 Å². The van der Waals surface area contributed by atoms with E-state index < -0.39 is 0 Å². The lowest BCUT2D eigenvalue weighted by atomic mass is 10.0. The number of likely N-dealkylation sites (tertiary alicyclic amines) is 1. The molecule has 2 heterocycles. The second kappa shape index (κ2) is 9.11. The van der Waals surface area contributed by atoms with Crippen LogP contribution in [0.3, 0.4) is 0 Å². The molecule has 0 radical (unpaired) electrons. The highest BCUT2D eigenvalue weighted by molar-refractivity contribution is 5.37. The molecule has 150 valence electrons. The van der Waals surface area contributed by atoms with Gasteiger partial charge in [0.25, 0.3) is 0 Å². The third kappa shape index (κ3) is 4.95. The maximum absolute atomic E-state index is 6.37. The molecule has 0 N–H and O–H groups in total. The summed E-state index contributed by atoms with van der Waals surface area (Å²) in [4.78, 5) is 5.13. The number of fused-ring (bicyclic) bond motifs is 1. The summed E-state index contributed by atoms with van der Waals surface area (Å²) in [6, 6.07) is 18.3. The van der Waals surface area contributed by atoms with Crippen LogP contribution in [0.15, 0.2) is 48.5 Å². The Morgan fingerprint density at radius 3 is 2.32 bits per heavy atom. The van der Waals surface area contributed by atoms with Gasteiger partial charge < -0.3 is 9.64 Å². The number of piperidine rings is 1. The van der Waals surface area contributed by atoms with Crippen LogP contribution in [0.5, 0.6) is 5.75 Å². The van der Waals surface area contributed by atoms with Gasteiger partial charge in [-0.15, -0.1) is 0 Å². The molecule has 1 saturated heterocycles. The Labute approximate surface area is 170 Å². The fraction of sp³-hybridized carbons (Fsp3) is 0.520. The van der Waals surface area contributed by atoms with Crippen molar-refractivity contribution in [3.05, 3.63) is 65.2 Å². The van der Waals surface area contributed by atoms with Crippen LogP contribution < -0.4 is 4.74 Å². The predicted molar refractivity (Wildman–Crippen MR) is 116 cm³/mol. The number of hydrogen-bond donors (Lipinski definition) is 0. The first-order valence-electron chi connectivity index (χ1n) is 11.0. The Kier molecular flexibility index (Phi) is 6.33. The SMILES string of the molecule is CC(C)N1CCC(Oc2ccc3c(c2)CCN(Cc2ccccc2)CC3)CC1. The molecule has 0 spiro atoms. The van der Waals surface area contributed by atoms with Crippen LogP contribution in [0.25, 0.3) is 0 Å². The second-order valence-electron chi connectivity index (χ2n) is 8.64. The van der Waals surface area contributed by atoms with Gasteiger partial charge in [-0.1, -0.05) is 36.4 Å². The van der Waals surface area contributed by atoms with E-state index in [4.69, 9.17) is 4.74 Å². The summed E-state index contributed by atoms with van der Waals surface area (Å²) >= 11 is 0. The molecule has 0 aromatic heterocycles. The highest BCUT2D eigenvalue weighted by Gasteiger charge is 2.22. The van der Waals surface area contributed by atoms with E-state index in [1.54, 1.807) is 0 Å². The topological polar surface area (TPSA) is 15.7 Å². The molecular weight excluding hydrogens is 344 g/mol. The van der Waals surface area contributed by atoms with Gasteiger partial charge in [-0.05, 0) is 68.4 Å². The smallest absolute Gasteiger partial charge is 0.120 e. The Hall–Kier alpha value is -1.84. The average Bonchev–Trinajstić information content (AvgIpc) is 2.91.